The maximum atomic E-state index is 13.3. The zero-order chi connectivity index (χ0) is 11.5. The maximum absolute atomic E-state index is 13.3. The quantitative estimate of drug-likeness (QED) is 0.887. The minimum absolute atomic E-state index is 0.237. The molecule has 1 aliphatic heterocycles. The SMILES string of the molecule is CCCNC1CSCc2c(Cl)cc(F)cc21. The Balaban J connectivity index is 2.30. The lowest BCUT2D eigenvalue weighted by atomic mass is 10.0. The van der Waals surface area contributed by atoms with Gasteiger partial charge in [0.05, 0.1) is 0 Å². The molecule has 0 fully saturated rings. The number of rotatable bonds is 3. The fourth-order valence-corrected chi connectivity index (χ4v) is 3.48. The molecule has 88 valence electrons. The summed E-state index contributed by atoms with van der Waals surface area (Å²) in [5, 5.41) is 4.00. The van der Waals surface area contributed by atoms with Crippen LogP contribution in [0.1, 0.15) is 30.5 Å². The highest BCUT2D eigenvalue weighted by molar-refractivity contribution is 7.98. The molecule has 0 spiro atoms. The van der Waals surface area contributed by atoms with Crippen molar-refractivity contribution in [2.45, 2.75) is 25.1 Å². The molecule has 0 amide bonds. The summed E-state index contributed by atoms with van der Waals surface area (Å²) < 4.78 is 13.3. The van der Waals surface area contributed by atoms with Crippen molar-refractivity contribution in [3.8, 4) is 0 Å². The first-order valence-electron chi connectivity index (χ1n) is 5.51. The van der Waals surface area contributed by atoms with Crippen LogP contribution in [-0.2, 0) is 5.75 Å². The van der Waals surface area contributed by atoms with Crippen LogP contribution in [0.4, 0.5) is 4.39 Å². The van der Waals surface area contributed by atoms with E-state index in [0.29, 0.717) is 5.02 Å². The van der Waals surface area contributed by atoms with Gasteiger partial charge in [-0.25, -0.2) is 4.39 Å². The summed E-state index contributed by atoms with van der Waals surface area (Å²) in [6.07, 6.45) is 1.08. The highest BCUT2D eigenvalue weighted by Crippen LogP contribution is 2.36. The zero-order valence-electron chi connectivity index (χ0n) is 9.22. The van der Waals surface area contributed by atoms with Crippen LogP contribution in [-0.4, -0.2) is 12.3 Å². The van der Waals surface area contributed by atoms with E-state index in [9.17, 15) is 4.39 Å². The number of hydrogen-bond acceptors (Lipinski definition) is 2. The van der Waals surface area contributed by atoms with E-state index in [4.69, 9.17) is 11.6 Å². The van der Waals surface area contributed by atoms with Crippen molar-refractivity contribution >= 4 is 23.4 Å². The van der Waals surface area contributed by atoms with Gasteiger partial charge in [-0.3, -0.25) is 0 Å². The van der Waals surface area contributed by atoms with E-state index < -0.39 is 0 Å². The topological polar surface area (TPSA) is 12.0 Å². The van der Waals surface area contributed by atoms with Crippen molar-refractivity contribution in [1.29, 1.82) is 0 Å². The largest absolute Gasteiger partial charge is 0.309 e. The fraction of sp³-hybridized carbons (Fsp3) is 0.500. The average molecular weight is 260 g/mol. The van der Waals surface area contributed by atoms with Gasteiger partial charge in [0.1, 0.15) is 5.82 Å². The number of fused-ring (bicyclic) bond motifs is 1. The summed E-state index contributed by atoms with van der Waals surface area (Å²) in [7, 11) is 0. The Bertz CT molecular complexity index is 384. The molecule has 1 atom stereocenters. The molecule has 1 aromatic carbocycles. The summed E-state index contributed by atoms with van der Waals surface area (Å²) in [5.74, 6) is 1.64. The van der Waals surface area contributed by atoms with Crippen LogP contribution in [0.25, 0.3) is 0 Å². The second-order valence-corrected chi connectivity index (χ2v) is 5.41. The van der Waals surface area contributed by atoms with Gasteiger partial charge in [-0.05, 0) is 36.2 Å². The smallest absolute Gasteiger partial charge is 0.125 e. The van der Waals surface area contributed by atoms with Gasteiger partial charge in [-0.15, -0.1) is 0 Å². The van der Waals surface area contributed by atoms with Crippen LogP contribution in [0, 0.1) is 5.82 Å². The molecule has 0 aliphatic carbocycles. The number of hydrogen-bond donors (Lipinski definition) is 1. The number of thioether (sulfide) groups is 1. The Morgan fingerprint density at radius 1 is 1.56 bits per heavy atom. The first kappa shape index (κ1) is 12.2. The van der Waals surface area contributed by atoms with Gasteiger partial charge < -0.3 is 5.32 Å². The summed E-state index contributed by atoms with van der Waals surface area (Å²) in [4.78, 5) is 0. The third-order valence-corrected chi connectivity index (χ3v) is 4.14. The maximum Gasteiger partial charge on any atom is 0.125 e. The van der Waals surface area contributed by atoms with Gasteiger partial charge in [-0.1, -0.05) is 18.5 Å². The Morgan fingerprint density at radius 2 is 2.38 bits per heavy atom. The predicted octanol–water partition coefficient (Wildman–Crippen LogP) is 3.77. The lowest BCUT2D eigenvalue weighted by molar-refractivity contribution is 0.561. The van der Waals surface area contributed by atoms with Gasteiger partial charge in [-0.2, -0.15) is 11.8 Å². The molecule has 1 aromatic rings. The molecule has 1 heterocycles. The molecule has 0 saturated heterocycles. The van der Waals surface area contributed by atoms with Gasteiger partial charge >= 0.3 is 0 Å². The molecule has 0 bridgehead atoms. The monoisotopic (exact) mass is 259 g/mol. The summed E-state index contributed by atoms with van der Waals surface area (Å²) in [6.45, 7) is 3.08. The molecule has 0 aromatic heterocycles. The van der Waals surface area contributed by atoms with E-state index in [-0.39, 0.29) is 11.9 Å². The van der Waals surface area contributed by atoms with E-state index in [1.165, 1.54) is 6.07 Å². The van der Waals surface area contributed by atoms with E-state index >= 15 is 0 Å². The number of halogens is 2. The van der Waals surface area contributed by atoms with Gasteiger partial charge in [0.2, 0.25) is 0 Å². The molecule has 0 radical (unpaired) electrons. The summed E-state index contributed by atoms with van der Waals surface area (Å²) >= 11 is 7.91. The van der Waals surface area contributed by atoms with Crippen molar-refractivity contribution in [3.05, 3.63) is 34.1 Å². The Labute approximate surface area is 105 Å². The first-order valence-corrected chi connectivity index (χ1v) is 7.04. The summed E-state index contributed by atoms with van der Waals surface area (Å²) in [5.41, 5.74) is 2.13. The third-order valence-electron chi connectivity index (χ3n) is 2.74. The number of nitrogens with one attached hydrogen (secondary N) is 1. The van der Waals surface area contributed by atoms with Crippen LogP contribution in [0.3, 0.4) is 0 Å². The van der Waals surface area contributed by atoms with Crippen molar-refractivity contribution in [1.82, 2.24) is 5.32 Å². The van der Waals surface area contributed by atoms with E-state index in [1.807, 2.05) is 11.8 Å². The molecule has 1 N–H and O–H groups in total. The molecule has 2 rings (SSSR count). The molecule has 4 heteroatoms. The van der Waals surface area contributed by atoms with Gasteiger partial charge in [0.25, 0.3) is 0 Å². The Kier molecular flexibility index (Phi) is 4.11. The van der Waals surface area contributed by atoms with Crippen molar-refractivity contribution in [2.75, 3.05) is 12.3 Å². The standard InChI is InChI=1S/C12H15ClFNS/c1-2-3-15-12-7-16-6-10-9(12)4-8(14)5-11(10)13/h4-5,12,15H,2-3,6-7H2,1H3. The molecule has 1 aliphatic rings. The molecular weight excluding hydrogens is 245 g/mol. The second kappa shape index (κ2) is 5.39. The predicted molar refractivity (Wildman–Crippen MR) is 68.6 cm³/mol. The van der Waals surface area contributed by atoms with Crippen LogP contribution in [0.15, 0.2) is 12.1 Å². The summed E-state index contributed by atoms with van der Waals surface area (Å²) in [6, 6.07) is 3.26. The van der Waals surface area contributed by atoms with Crippen molar-refractivity contribution in [2.24, 2.45) is 0 Å². The third kappa shape index (κ3) is 2.53. The van der Waals surface area contributed by atoms with E-state index in [0.717, 1.165) is 35.6 Å². The first-order chi connectivity index (χ1) is 7.72. The normalized spacial score (nSPS) is 19.6. The highest BCUT2D eigenvalue weighted by Gasteiger charge is 2.22. The molecular formula is C12H15ClFNS. The minimum Gasteiger partial charge on any atom is -0.309 e. The lowest BCUT2D eigenvalue weighted by Gasteiger charge is -2.27. The van der Waals surface area contributed by atoms with Crippen LogP contribution >= 0.6 is 23.4 Å². The molecule has 1 nitrogen and oxygen atoms in total. The Morgan fingerprint density at radius 3 is 3.12 bits per heavy atom. The van der Waals surface area contributed by atoms with Crippen molar-refractivity contribution in [3.63, 3.8) is 0 Å². The van der Waals surface area contributed by atoms with E-state index in [1.54, 1.807) is 6.07 Å². The van der Waals surface area contributed by atoms with Gasteiger partial charge in [0, 0.05) is 22.6 Å². The molecule has 16 heavy (non-hydrogen) atoms. The second-order valence-electron chi connectivity index (χ2n) is 3.98. The number of benzene rings is 1. The Hall–Kier alpha value is -0.250. The van der Waals surface area contributed by atoms with Crippen molar-refractivity contribution < 1.29 is 4.39 Å². The van der Waals surface area contributed by atoms with Gasteiger partial charge in [0.15, 0.2) is 0 Å². The van der Waals surface area contributed by atoms with Crippen LogP contribution < -0.4 is 5.32 Å². The van der Waals surface area contributed by atoms with E-state index in [2.05, 4.69) is 12.2 Å². The molecule has 1 unspecified atom stereocenters. The highest BCUT2D eigenvalue weighted by atomic mass is 35.5. The lowest BCUT2D eigenvalue weighted by Crippen LogP contribution is -2.27. The average Bonchev–Trinajstić information content (AvgIpc) is 2.26. The minimum atomic E-state index is -0.237. The molecule has 0 saturated carbocycles. The van der Waals surface area contributed by atoms with Crippen LogP contribution in [0.5, 0.6) is 0 Å². The fourth-order valence-electron chi connectivity index (χ4n) is 1.94. The van der Waals surface area contributed by atoms with Crippen LogP contribution in [0.2, 0.25) is 5.02 Å². The zero-order valence-corrected chi connectivity index (χ0v) is 10.8.